The van der Waals surface area contributed by atoms with Crippen molar-refractivity contribution in [2.24, 2.45) is 0 Å². The molecule has 13 heteroatoms. The fourth-order valence-corrected chi connectivity index (χ4v) is 5.28. The van der Waals surface area contributed by atoms with E-state index in [1.54, 1.807) is 19.2 Å². The average Bonchev–Trinajstić information content (AvgIpc) is 3.55. The molecule has 0 atom stereocenters. The Labute approximate surface area is 193 Å². The Morgan fingerprint density at radius 3 is 2.70 bits per heavy atom. The molecule has 0 aromatic carbocycles. The number of hydrogen-bond acceptors (Lipinski definition) is 9. The third kappa shape index (κ3) is 4.81. The Bertz CT molecular complexity index is 1380. The highest BCUT2D eigenvalue weighted by Crippen LogP contribution is 2.33. The predicted octanol–water partition coefficient (Wildman–Crippen LogP) is 2.83. The van der Waals surface area contributed by atoms with Crippen molar-refractivity contribution in [3.63, 3.8) is 0 Å². The van der Waals surface area contributed by atoms with Gasteiger partial charge in [0, 0.05) is 17.1 Å². The van der Waals surface area contributed by atoms with Gasteiger partial charge in [0.1, 0.15) is 6.07 Å². The van der Waals surface area contributed by atoms with Crippen molar-refractivity contribution in [3.05, 3.63) is 47.2 Å². The van der Waals surface area contributed by atoms with Crippen LogP contribution in [-0.4, -0.2) is 39.5 Å². The van der Waals surface area contributed by atoms with Gasteiger partial charge in [-0.1, -0.05) is 0 Å². The van der Waals surface area contributed by atoms with Crippen molar-refractivity contribution in [1.82, 2.24) is 19.9 Å². The summed E-state index contributed by atoms with van der Waals surface area (Å²) in [6.07, 6.45) is 5.20. The van der Waals surface area contributed by atoms with Gasteiger partial charge in [0.25, 0.3) is 0 Å². The van der Waals surface area contributed by atoms with Crippen molar-refractivity contribution in [1.29, 1.82) is 5.26 Å². The van der Waals surface area contributed by atoms with Crippen molar-refractivity contribution >= 4 is 38.2 Å². The van der Waals surface area contributed by atoms with Crippen LogP contribution >= 0.6 is 11.3 Å². The van der Waals surface area contributed by atoms with E-state index in [1.807, 2.05) is 6.07 Å². The average molecular weight is 488 g/mol. The third-order valence-corrected chi connectivity index (χ3v) is 7.74. The lowest BCUT2D eigenvalue weighted by molar-refractivity contribution is -0.120. The first kappa shape index (κ1) is 22.7. The molecule has 33 heavy (non-hydrogen) atoms. The maximum atomic E-state index is 14.7. The van der Waals surface area contributed by atoms with Crippen molar-refractivity contribution in [3.8, 4) is 17.3 Å². The first-order valence-electron chi connectivity index (χ1n) is 9.77. The second-order valence-corrected chi connectivity index (χ2v) is 10.7. The molecule has 170 valence electrons. The van der Waals surface area contributed by atoms with Crippen molar-refractivity contribution < 1.29 is 17.6 Å². The molecule has 4 rings (SSSR count). The Kier molecular flexibility index (Phi) is 5.81. The number of nitriles is 1. The van der Waals surface area contributed by atoms with E-state index in [0.717, 1.165) is 17.4 Å². The number of thiazole rings is 1. The largest absolute Gasteiger partial charge is 0.307 e. The van der Waals surface area contributed by atoms with Gasteiger partial charge in [-0.15, -0.1) is 11.3 Å². The zero-order chi connectivity index (χ0) is 23.8. The number of pyridine rings is 1. The topological polar surface area (TPSA) is 151 Å². The maximum Gasteiger partial charge on any atom is 0.237 e. The highest BCUT2D eigenvalue weighted by Gasteiger charge is 2.37. The first-order chi connectivity index (χ1) is 15.6. The number of nitrogens with zero attached hydrogens (tertiary/aromatic N) is 5. The molecule has 1 aliphatic rings. The molecular formula is C20H18FN7O3S2. The SMILES string of the molecule is CC(C)(C(=O)Nc1ncc(-c2cncc(C#N)n2)cc1F)c1csc(NS(=O)(=O)C2CC2)n1. The molecule has 0 aliphatic heterocycles. The Balaban J connectivity index is 1.49. The maximum absolute atomic E-state index is 14.7. The number of nitrogens with one attached hydrogen (secondary N) is 2. The number of halogens is 1. The van der Waals surface area contributed by atoms with Crippen LogP contribution in [0, 0.1) is 17.1 Å². The molecule has 3 heterocycles. The zero-order valence-electron chi connectivity index (χ0n) is 17.5. The minimum absolute atomic E-state index is 0.0779. The van der Waals surface area contributed by atoms with E-state index < -0.39 is 32.4 Å². The number of carbonyl (C=O) groups excluding carboxylic acids is 1. The number of anilines is 2. The summed E-state index contributed by atoms with van der Waals surface area (Å²) in [7, 11) is -3.47. The number of hydrogen-bond donors (Lipinski definition) is 2. The zero-order valence-corrected chi connectivity index (χ0v) is 19.2. The van der Waals surface area contributed by atoms with E-state index in [1.165, 1.54) is 18.6 Å². The van der Waals surface area contributed by atoms with Gasteiger partial charge in [0.05, 0.1) is 34.4 Å². The molecule has 1 amide bonds. The summed E-state index contributed by atoms with van der Waals surface area (Å²) in [4.78, 5) is 29.0. The highest BCUT2D eigenvalue weighted by molar-refractivity contribution is 7.93. The van der Waals surface area contributed by atoms with Gasteiger partial charge in [-0.3, -0.25) is 14.5 Å². The van der Waals surface area contributed by atoms with E-state index >= 15 is 0 Å². The van der Waals surface area contributed by atoms with Crippen LogP contribution in [0.5, 0.6) is 0 Å². The fraction of sp³-hybridized carbons (Fsp3) is 0.300. The van der Waals surface area contributed by atoms with E-state index in [2.05, 4.69) is 30.0 Å². The van der Waals surface area contributed by atoms with Gasteiger partial charge in [-0.25, -0.2) is 27.8 Å². The molecule has 1 fully saturated rings. The summed E-state index contributed by atoms with van der Waals surface area (Å²) < 4.78 is 41.3. The van der Waals surface area contributed by atoms with Crippen LogP contribution in [0.3, 0.4) is 0 Å². The molecule has 0 saturated heterocycles. The van der Waals surface area contributed by atoms with Crippen molar-refractivity contribution in [2.75, 3.05) is 10.0 Å². The van der Waals surface area contributed by atoms with Gasteiger partial charge in [0.2, 0.25) is 15.9 Å². The molecule has 2 N–H and O–H groups in total. The summed E-state index contributed by atoms with van der Waals surface area (Å²) in [5, 5.41) is 12.7. The molecular weight excluding hydrogens is 469 g/mol. The number of carbonyl (C=O) groups is 1. The molecule has 0 unspecified atom stereocenters. The molecule has 3 aromatic rings. The van der Waals surface area contributed by atoms with Crippen molar-refractivity contribution in [2.45, 2.75) is 37.4 Å². The molecule has 0 spiro atoms. The van der Waals surface area contributed by atoms with Crippen LogP contribution in [0.25, 0.3) is 11.3 Å². The minimum atomic E-state index is -3.47. The summed E-state index contributed by atoms with van der Waals surface area (Å²) >= 11 is 1.07. The van der Waals surface area contributed by atoms with Gasteiger partial charge < -0.3 is 5.32 Å². The monoisotopic (exact) mass is 487 g/mol. The predicted molar refractivity (Wildman–Crippen MR) is 119 cm³/mol. The van der Waals surface area contributed by atoms with Crippen LogP contribution in [0.2, 0.25) is 0 Å². The number of amides is 1. The summed E-state index contributed by atoms with van der Waals surface area (Å²) in [5.74, 6) is -1.65. The van der Waals surface area contributed by atoms with Crippen LogP contribution in [0.15, 0.2) is 30.0 Å². The van der Waals surface area contributed by atoms with Gasteiger partial charge in [0.15, 0.2) is 22.5 Å². The second-order valence-electron chi connectivity index (χ2n) is 7.92. The minimum Gasteiger partial charge on any atom is -0.307 e. The molecule has 3 aromatic heterocycles. The van der Waals surface area contributed by atoms with Gasteiger partial charge >= 0.3 is 0 Å². The molecule has 0 bridgehead atoms. The van der Waals surface area contributed by atoms with E-state index in [4.69, 9.17) is 5.26 Å². The lowest BCUT2D eigenvalue weighted by Crippen LogP contribution is -2.35. The fourth-order valence-electron chi connectivity index (χ4n) is 2.80. The molecule has 10 nitrogen and oxygen atoms in total. The Hall–Kier alpha value is -3.50. The van der Waals surface area contributed by atoms with Gasteiger partial charge in [-0.05, 0) is 32.8 Å². The Morgan fingerprint density at radius 1 is 1.27 bits per heavy atom. The molecule has 0 radical (unpaired) electrons. The van der Waals surface area contributed by atoms with Gasteiger partial charge in [-0.2, -0.15) is 5.26 Å². The van der Waals surface area contributed by atoms with E-state index in [0.29, 0.717) is 24.1 Å². The summed E-state index contributed by atoms with van der Waals surface area (Å²) in [5.41, 5.74) is -0.226. The lowest BCUT2D eigenvalue weighted by Gasteiger charge is -2.21. The highest BCUT2D eigenvalue weighted by atomic mass is 32.2. The second kappa shape index (κ2) is 8.45. The first-order valence-corrected chi connectivity index (χ1v) is 12.2. The summed E-state index contributed by atoms with van der Waals surface area (Å²) in [6, 6.07) is 2.99. The Morgan fingerprint density at radius 2 is 2.03 bits per heavy atom. The number of aromatic nitrogens is 4. The lowest BCUT2D eigenvalue weighted by atomic mass is 9.89. The number of sulfonamides is 1. The molecule has 1 aliphatic carbocycles. The normalized spacial score (nSPS) is 13.9. The van der Waals surface area contributed by atoms with Crippen LogP contribution in [0.1, 0.15) is 38.1 Å². The van der Waals surface area contributed by atoms with E-state index in [-0.39, 0.29) is 22.3 Å². The quantitative estimate of drug-likeness (QED) is 0.516. The van der Waals surface area contributed by atoms with Crippen LogP contribution in [-0.2, 0) is 20.2 Å². The van der Waals surface area contributed by atoms with E-state index in [9.17, 15) is 17.6 Å². The van der Waals surface area contributed by atoms with Crippen LogP contribution < -0.4 is 10.0 Å². The molecule has 1 saturated carbocycles. The standard InChI is InChI=1S/C20H18FN7O3S2/c1-20(2,16-10-32-19(26-16)28-33(30,31)13-3-4-13)18(29)27-17-14(21)5-11(7-24-17)15-9-23-8-12(6-22)25-15/h5,7-10,13H,3-4H2,1-2H3,(H,26,28)(H,24,27,29). The number of rotatable bonds is 7. The summed E-state index contributed by atoms with van der Waals surface area (Å²) in [6.45, 7) is 3.18. The van der Waals surface area contributed by atoms with Crippen LogP contribution in [0.4, 0.5) is 15.3 Å². The smallest absolute Gasteiger partial charge is 0.237 e. The third-order valence-electron chi connectivity index (χ3n) is 5.02.